The average Bonchev–Trinajstić information content (AvgIpc) is 2.65. The number of fused-ring (bicyclic) bond motifs is 2. The van der Waals surface area contributed by atoms with Crippen LogP contribution in [0.1, 0.15) is 31.4 Å². The third-order valence-electron chi connectivity index (χ3n) is 3.76. The molecule has 2 nitrogen and oxygen atoms in total. The fourth-order valence-electron chi connectivity index (χ4n) is 3.01. The molecule has 1 aliphatic carbocycles. The summed E-state index contributed by atoms with van der Waals surface area (Å²) < 4.78 is 0. The van der Waals surface area contributed by atoms with E-state index in [0.717, 1.165) is 13.0 Å². The third kappa shape index (κ3) is 1.86. The van der Waals surface area contributed by atoms with E-state index in [1.54, 1.807) is 0 Å². The largest absolute Gasteiger partial charge is 0.379 e. The molecule has 0 saturated heterocycles. The van der Waals surface area contributed by atoms with Gasteiger partial charge in [0.05, 0.1) is 5.41 Å². The van der Waals surface area contributed by atoms with Crippen molar-refractivity contribution >= 4 is 5.78 Å². The van der Waals surface area contributed by atoms with E-state index in [2.05, 4.69) is 29.3 Å². The second kappa shape index (κ2) is 4.97. The molecule has 1 unspecified atom stereocenters. The van der Waals surface area contributed by atoms with Crippen molar-refractivity contribution in [3.63, 3.8) is 0 Å². The van der Waals surface area contributed by atoms with E-state index in [4.69, 9.17) is 0 Å². The molecule has 3 rings (SSSR count). The van der Waals surface area contributed by atoms with Crippen molar-refractivity contribution < 1.29 is 4.79 Å². The van der Waals surface area contributed by atoms with Crippen LogP contribution < -0.4 is 0 Å². The Labute approximate surface area is 109 Å². The van der Waals surface area contributed by atoms with Gasteiger partial charge >= 0.3 is 0 Å². The average molecular weight is 243 g/mol. The molecule has 0 bridgehead atoms. The smallest absolute Gasteiger partial charge is 0.149 e. The van der Waals surface area contributed by atoms with Crippen LogP contribution in [0.5, 0.6) is 0 Å². The molecule has 1 heterocycles. The number of nitrogens with zero attached hydrogens (tertiary/aromatic N) is 1. The first-order chi connectivity index (χ1) is 8.72. The Morgan fingerprint density at radius 2 is 1.94 bits per heavy atom. The highest BCUT2D eigenvalue weighted by Crippen LogP contribution is 2.41. The Balaban J connectivity index is 0.000000574. The zero-order valence-electron chi connectivity index (χ0n) is 11.4. The van der Waals surface area contributed by atoms with Crippen LogP contribution in [0.4, 0.5) is 0 Å². The normalized spacial score (nSPS) is 24.8. The lowest BCUT2D eigenvalue weighted by atomic mass is 9.76. The van der Waals surface area contributed by atoms with Crippen LogP contribution in [0, 0.1) is 0 Å². The predicted molar refractivity (Wildman–Crippen MR) is 74.6 cm³/mol. The molecule has 0 radical (unpaired) electrons. The van der Waals surface area contributed by atoms with Crippen molar-refractivity contribution in [1.29, 1.82) is 0 Å². The number of rotatable bonds is 0. The van der Waals surface area contributed by atoms with Crippen molar-refractivity contribution in [2.24, 2.45) is 0 Å². The molecule has 1 aromatic rings. The molecule has 1 atom stereocenters. The van der Waals surface area contributed by atoms with Gasteiger partial charge < -0.3 is 4.90 Å². The maximum atomic E-state index is 12.3. The Hall–Kier alpha value is -1.57. The fourth-order valence-corrected chi connectivity index (χ4v) is 3.01. The monoisotopic (exact) mass is 243 g/mol. The molecule has 96 valence electrons. The summed E-state index contributed by atoms with van der Waals surface area (Å²) in [5.74, 6) is 0.380. The quantitative estimate of drug-likeness (QED) is 0.698. The summed E-state index contributed by atoms with van der Waals surface area (Å²) in [7, 11) is 2.03. The Morgan fingerprint density at radius 1 is 1.22 bits per heavy atom. The molecule has 1 aromatic carbocycles. The molecule has 0 fully saturated rings. The first-order valence-corrected chi connectivity index (χ1v) is 6.71. The lowest BCUT2D eigenvalue weighted by Crippen LogP contribution is -2.43. The zero-order valence-corrected chi connectivity index (χ0v) is 11.4. The van der Waals surface area contributed by atoms with Gasteiger partial charge in [0.2, 0.25) is 0 Å². The topological polar surface area (TPSA) is 20.3 Å². The summed E-state index contributed by atoms with van der Waals surface area (Å²) >= 11 is 0. The van der Waals surface area contributed by atoms with E-state index in [1.165, 1.54) is 11.1 Å². The summed E-state index contributed by atoms with van der Waals surface area (Å²) in [6, 6.07) is 8.26. The summed E-state index contributed by atoms with van der Waals surface area (Å²) in [6.07, 6.45) is 5.65. The number of carbonyl (C=O) groups excluding carboxylic acids is 1. The number of Topliss-reactive ketones (excluding diaryl/α,β-unsaturated/α-hetero) is 1. The number of benzene rings is 1. The minimum atomic E-state index is -0.264. The number of hydrogen-bond acceptors (Lipinski definition) is 2. The van der Waals surface area contributed by atoms with Crippen LogP contribution in [-0.2, 0) is 16.6 Å². The summed E-state index contributed by atoms with van der Waals surface area (Å²) in [4.78, 5) is 14.4. The fraction of sp³-hybridized carbons (Fsp3) is 0.438. The van der Waals surface area contributed by atoms with Crippen LogP contribution in [0.15, 0.2) is 36.5 Å². The number of ketones is 1. The van der Waals surface area contributed by atoms with Gasteiger partial charge in [0.1, 0.15) is 5.78 Å². The molecule has 0 amide bonds. The van der Waals surface area contributed by atoms with Crippen molar-refractivity contribution in [2.75, 3.05) is 13.6 Å². The predicted octanol–water partition coefficient (Wildman–Crippen LogP) is 2.93. The highest BCUT2D eigenvalue weighted by Gasteiger charge is 2.46. The number of carbonyl (C=O) groups is 1. The zero-order chi connectivity index (χ0) is 13.2. The Bertz CT molecular complexity index is 478. The molecular weight excluding hydrogens is 222 g/mol. The Kier molecular flexibility index (Phi) is 3.55. The van der Waals surface area contributed by atoms with E-state index >= 15 is 0 Å². The van der Waals surface area contributed by atoms with Crippen molar-refractivity contribution in [3.8, 4) is 0 Å². The number of likely N-dealkylation sites (N-methyl/N-ethyl adjacent to an activating group) is 1. The summed E-state index contributed by atoms with van der Waals surface area (Å²) in [6.45, 7) is 4.82. The van der Waals surface area contributed by atoms with Crippen LogP contribution >= 0.6 is 0 Å². The van der Waals surface area contributed by atoms with E-state index in [0.29, 0.717) is 12.2 Å². The molecule has 1 aliphatic heterocycles. The van der Waals surface area contributed by atoms with E-state index in [1.807, 2.05) is 33.0 Å². The van der Waals surface area contributed by atoms with E-state index < -0.39 is 0 Å². The Morgan fingerprint density at radius 3 is 2.67 bits per heavy atom. The van der Waals surface area contributed by atoms with Crippen LogP contribution in [0.2, 0.25) is 0 Å². The van der Waals surface area contributed by atoms with E-state index in [-0.39, 0.29) is 5.41 Å². The molecule has 1 spiro atoms. The maximum absolute atomic E-state index is 12.3. The minimum Gasteiger partial charge on any atom is -0.379 e. The first-order valence-electron chi connectivity index (χ1n) is 6.71. The van der Waals surface area contributed by atoms with Gasteiger partial charge in [-0.25, -0.2) is 0 Å². The second-order valence-electron chi connectivity index (χ2n) is 4.84. The van der Waals surface area contributed by atoms with E-state index in [9.17, 15) is 4.79 Å². The van der Waals surface area contributed by atoms with Crippen molar-refractivity contribution in [1.82, 2.24) is 4.90 Å². The summed E-state index contributed by atoms with van der Waals surface area (Å²) in [5, 5.41) is 0. The minimum absolute atomic E-state index is 0.264. The highest BCUT2D eigenvalue weighted by atomic mass is 16.1. The molecule has 2 aliphatic rings. The lowest BCUT2D eigenvalue weighted by molar-refractivity contribution is -0.123. The van der Waals surface area contributed by atoms with Gasteiger partial charge in [-0.1, -0.05) is 44.2 Å². The second-order valence-corrected chi connectivity index (χ2v) is 4.84. The maximum Gasteiger partial charge on any atom is 0.149 e. The molecular formula is C16H21NO. The van der Waals surface area contributed by atoms with Crippen LogP contribution in [0.25, 0.3) is 0 Å². The highest BCUT2D eigenvalue weighted by molar-refractivity contribution is 5.97. The third-order valence-corrected chi connectivity index (χ3v) is 3.76. The lowest BCUT2D eigenvalue weighted by Gasteiger charge is -2.35. The molecule has 0 aromatic heterocycles. The first kappa shape index (κ1) is 12.9. The van der Waals surface area contributed by atoms with Gasteiger partial charge in [-0.2, -0.15) is 0 Å². The van der Waals surface area contributed by atoms with Gasteiger partial charge in [-0.3, -0.25) is 4.79 Å². The van der Waals surface area contributed by atoms with Gasteiger partial charge in [-0.05, 0) is 23.7 Å². The van der Waals surface area contributed by atoms with Crippen molar-refractivity contribution in [3.05, 3.63) is 47.7 Å². The molecule has 0 N–H and O–H groups in total. The van der Waals surface area contributed by atoms with Gasteiger partial charge in [0, 0.05) is 20.0 Å². The number of hydrogen-bond donors (Lipinski definition) is 0. The molecule has 2 heteroatoms. The van der Waals surface area contributed by atoms with Crippen LogP contribution in [0.3, 0.4) is 0 Å². The SMILES string of the molecule is CC.CN1C=CCC2(C1)C(=O)Cc1ccccc12. The van der Waals surface area contributed by atoms with Crippen LogP contribution in [-0.4, -0.2) is 24.3 Å². The summed E-state index contributed by atoms with van der Waals surface area (Å²) in [5.41, 5.74) is 2.20. The van der Waals surface area contributed by atoms with Crippen molar-refractivity contribution in [2.45, 2.75) is 32.1 Å². The van der Waals surface area contributed by atoms with Gasteiger partial charge in [0.15, 0.2) is 0 Å². The molecule has 0 saturated carbocycles. The molecule has 18 heavy (non-hydrogen) atoms. The number of allylic oxidation sites excluding steroid dienone is 1. The van der Waals surface area contributed by atoms with Gasteiger partial charge in [0.25, 0.3) is 0 Å². The standard InChI is InChI=1S/C14H15NO.C2H6/c1-15-8-4-7-14(10-15)12-6-3-2-5-11(12)9-13(14)16;1-2/h2-6,8H,7,9-10H2,1H3;1-2H3. The van der Waals surface area contributed by atoms with Gasteiger partial charge in [-0.15, -0.1) is 0 Å².